The number of hydrogen-bond acceptors (Lipinski definition) is 1. The first kappa shape index (κ1) is 15.6. The van der Waals surface area contributed by atoms with Gasteiger partial charge in [-0.3, -0.25) is 4.79 Å². The monoisotopic (exact) mass is 299 g/mol. The molecule has 2 bridgehead atoms. The first-order valence-electron chi connectivity index (χ1n) is 8.96. The molecule has 2 aliphatic carbocycles. The number of benzene rings is 1. The molecule has 2 N–H and O–H groups in total. The van der Waals surface area contributed by atoms with Gasteiger partial charge in [0, 0.05) is 0 Å². The summed E-state index contributed by atoms with van der Waals surface area (Å²) in [6, 6.07) is 10.9. The fraction of sp³-hybridized carbons (Fsp3) is 0.650. The van der Waals surface area contributed by atoms with Crippen LogP contribution in [-0.4, -0.2) is 5.91 Å². The number of primary amides is 1. The summed E-state index contributed by atoms with van der Waals surface area (Å²) < 4.78 is 0. The van der Waals surface area contributed by atoms with E-state index < -0.39 is 0 Å². The molecule has 2 unspecified atom stereocenters. The Hall–Kier alpha value is -1.31. The fourth-order valence-electron chi connectivity index (χ4n) is 5.27. The molecule has 0 spiro atoms. The minimum atomic E-state index is -0.245. The van der Waals surface area contributed by atoms with E-state index in [1.807, 2.05) is 0 Å². The Morgan fingerprint density at radius 2 is 2.05 bits per heavy atom. The number of rotatable bonds is 5. The van der Waals surface area contributed by atoms with E-state index >= 15 is 0 Å². The van der Waals surface area contributed by atoms with Gasteiger partial charge in [0.15, 0.2) is 0 Å². The van der Waals surface area contributed by atoms with E-state index in [2.05, 4.69) is 37.3 Å². The number of hydrogen-bond donors (Lipinski definition) is 1. The molecular weight excluding hydrogens is 270 g/mol. The molecule has 1 amide bonds. The van der Waals surface area contributed by atoms with E-state index in [-0.39, 0.29) is 16.7 Å². The molecule has 0 heterocycles. The lowest BCUT2D eigenvalue weighted by molar-refractivity contribution is -0.135. The third-order valence-corrected chi connectivity index (χ3v) is 6.22. The Labute approximate surface area is 134 Å². The molecule has 0 radical (unpaired) electrons. The van der Waals surface area contributed by atoms with Crippen LogP contribution in [0, 0.1) is 11.3 Å². The largest absolute Gasteiger partial charge is 0.369 e. The van der Waals surface area contributed by atoms with Crippen LogP contribution in [0.15, 0.2) is 30.3 Å². The number of fused-ring (bicyclic) bond motifs is 2. The van der Waals surface area contributed by atoms with Gasteiger partial charge in [-0.05, 0) is 49.0 Å². The third kappa shape index (κ3) is 2.68. The summed E-state index contributed by atoms with van der Waals surface area (Å²) in [6.07, 6.45) is 10.3. The maximum absolute atomic E-state index is 12.3. The van der Waals surface area contributed by atoms with Crippen LogP contribution in [0.1, 0.15) is 70.3 Å². The quantitative estimate of drug-likeness (QED) is 0.850. The van der Waals surface area contributed by atoms with Crippen LogP contribution < -0.4 is 5.73 Å². The van der Waals surface area contributed by atoms with Crippen molar-refractivity contribution in [1.29, 1.82) is 0 Å². The molecule has 2 fully saturated rings. The summed E-state index contributed by atoms with van der Waals surface area (Å²) >= 11 is 0. The van der Waals surface area contributed by atoms with E-state index in [1.165, 1.54) is 44.1 Å². The Kier molecular flexibility index (Phi) is 4.29. The number of unbranched alkanes of at least 4 members (excludes halogenated alkanes) is 1. The highest BCUT2D eigenvalue weighted by Gasteiger charge is 2.53. The van der Waals surface area contributed by atoms with Crippen LogP contribution in [0.2, 0.25) is 0 Å². The lowest BCUT2D eigenvalue weighted by Gasteiger charge is -2.53. The van der Waals surface area contributed by atoms with E-state index in [9.17, 15) is 4.79 Å². The summed E-state index contributed by atoms with van der Waals surface area (Å²) in [5, 5.41) is 0. The van der Waals surface area contributed by atoms with Gasteiger partial charge < -0.3 is 5.73 Å². The second-order valence-electron chi connectivity index (χ2n) is 7.74. The molecule has 2 saturated carbocycles. The van der Waals surface area contributed by atoms with Gasteiger partial charge in [0.05, 0.1) is 5.41 Å². The smallest absolute Gasteiger partial charge is 0.223 e. The second-order valence-corrected chi connectivity index (χ2v) is 7.74. The standard InChI is InChI=1S/C20H29NO/c1-2-3-11-19(17-9-5-4-6-10-17)13-16-8-7-12-20(14-16,15-19)18(21)22/h4-6,9-10,16H,2-3,7-8,11-15H2,1H3,(H2,21,22)/t16?,19-,20?/m0/s1. The maximum Gasteiger partial charge on any atom is 0.223 e. The predicted molar refractivity (Wildman–Crippen MR) is 90.5 cm³/mol. The first-order chi connectivity index (χ1) is 10.6. The normalized spacial score (nSPS) is 34.3. The zero-order chi connectivity index (χ0) is 15.6. The lowest BCUT2D eigenvalue weighted by Crippen LogP contribution is -2.51. The van der Waals surface area contributed by atoms with Gasteiger partial charge in [0.1, 0.15) is 0 Å². The zero-order valence-corrected chi connectivity index (χ0v) is 13.8. The summed E-state index contributed by atoms with van der Waals surface area (Å²) in [4.78, 5) is 12.3. The SMILES string of the molecule is CCCC[C@]1(c2ccccc2)CC2CCCC(C(N)=O)(C2)C1. The topological polar surface area (TPSA) is 43.1 Å². The predicted octanol–water partition coefficient (Wildman–Crippen LogP) is 4.57. The van der Waals surface area contributed by atoms with Crippen molar-refractivity contribution in [3.8, 4) is 0 Å². The molecule has 1 aromatic rings. The van der Waals surface area contributed by atoms with Crippen LogP contribution in [-0.2, 0) is 10.2 Å². The van der Waals surface area contributed by atoms with Crippen molar-refractivity contribution in [2.75, 3.05) is 0 Å². The van der Waals surface area contributed by atoms with Crippen LogP contribution in [0.25, 0.3) is 0 Å². The molecule has 2 heteroatoms. The van der Waals surface area contributed by atoms with E-state index in [1.54, 1.807) is 0 Å². The van der Waals surface area contributed by atoms with Crippen molar-refractivity contribution in [3.63, 3.8) is 0 Å². The van der Waals surface area contributed by atoms with Crippen molar-refractivity contribution < 1.29 is 4.79 Å². The molecule has 0 aromatic heterocycles. The highest BCUT2D eigenvalue weighted by atomic mass is 16.1. The molecule has 3 rings (SSSR count). The fourth-order valence-corrected chi connectivity index (χ4v) is 5.27. The number of nitrogens with two attached hydrogens (primary N) is 1. The van der Waals surface area contributed by atoms with Gasteiger partial charge in [-0.25, -0.2) is 0 Å². The molecule has 1 aromatic carbocycles. The Morgan fingerprint density at radius 3 is 2.73 bits per heavy atom. The lowest BCUT2D eigenvalue weighted by atomic mass is 9.51. The second kappa shape index (κ2) is 6.06. The molecule has 120 valence electrons. The average molecular weight is 299 g/mol. The van der Waals surface area contributed by atoms with Gasteiger partial charge in [0.2, 0.25) is 5.91 Å². The minimum absolute atomic E-state index is 0.0475. The van der Waals surface area contributed by atoms with E-state index in [0.717, 1.165) is 19.3 Å². The number of carbonyl (C=O) groups excluding carboxylic acids is 1. The molecule has 2 aliphatic rings. The van der Waals surface area contributed by atoms with E-state index in [4.69, 9.17) is 5.73 Å². The molecule has 0 saturated heterocycles. The van der Waals surface area contributed by atoms with Crippen LogP contribution in [0.3, 0.4) is 0 Å². The summed E-state index contributed by atoms with van der Waals surface area (Å²) in [6.45, 7) is 2.26. The highest BCUT2D eigenvalue weighted by molar-refractivity contribution is 5.81. The maximum atomic E-state index is 12.3. The van der Waals surface area contributed by atoms with Gasteiger partial charge in [-0.1, -0.05) is 62.9 Å². The summed E-state index contributed by atoms with van der Waals surface area (Å²) in [5.74, 6) is 0.626. The van der Waals surface area contributed by atoms with Crippen LogP contribution in [0.4, 0.5) is 0 Å². The summed E-state index contributed by atoms with van der Waals surface area (Å²) in [7, 11) is 0. The van der Waals surface area contributed by atoms with Crippen molar-refractivity contribution in [2.24, 2.45) is 17.1 Å². The average Bonchev–Trinajstić information content (AvgIpc) is 2.53. The van der Waals surface area contributed by atoms with Crippen molar-refractivity contribution in [2.45, 2.75) is 70.1 Å². The minimum Gasteiger partial charge on any atom is -0.369 e. The highest BCUT2D eigenvalue weighted by Crippen LogP contribution is 2.58. The van der Waals surface area contributed by atoms with Crippen molar-refractivity contribution in [1.82, 2.24) is 0 Å². The summed E-state index contributed by atoms with van der Waals surface area (Å²) in [5.41, 5.74) is 7.25. The zero-order valence-electron chi connectivity index (χ0n) is 13.8. The van der Waals surface area contributed by atoms with Gasteiger partial charge in [-0.15, -0.1) is 0 Å². The number of amides is 1. The van der Waals surface area contributed by atoms with Crippen LogP contribution in [0.5, 0.6) is 0 Å². The molecule has 22 heavy (non-hydrogen) atoms. The molecular formula is C20H29NO. The molecule has 0 aliphatic heterocycles. The van der Waals surface area contributed by atoms with Crippen molar-refractivity contribution in [3.05, 3.63) is 35.9 Å². The third-order valence-electron chi connectivity index (χ3n) is 6.22. The Morgan fingerprint density at radius 1 is 1.27 bits per heavy atom. The Bertz CT molecular complexity index is 526. The number of carbonyl (C=O) groups is 1. The van der Waals surface area contributed by atoms with Crippen molar-refractivity contribution >= 4 is 5.91 Å². The van der Waals surface area contributed by atoms with E-state index in [0.29, 0.717) is 5.92 Å². The Balaban J connectivity index is 2.00. The van der Waals surface area contributed by atoms with Gasteiger partial charge >= 0.3 is 0 Å². The molecule has 2 nitrogen and oxygen atoms in total. The van der Waals surface area contributed by atoms with Gasteiger partial charge in [0.25, 0.3) is 0 Å². The molecule has 3 atom stereocenters. The first-order valence-corrected chi connectivity index (χ1v) is 8.96. The van der Waals surface area contributed by atoms with Gasteiger partial charge in [-0.2, -0.15) is 0 Å². The van der Waals surface area contributed by atoms with Crippen LogP contribution >= 0.6 is 0 Å².